The van der Waals surface area contributed by atoms with Crippen molar-refractivity contribution in [1.29, 1.82) is 0 Å². The smallest absolute Gasteiger partial charge is 0.353 e. The first-order valence-electron chi connectivity index (χ1n) is 6.67. The highest BCUT2D eigenvalue weighted by molar-refractivity contribution is 5.89. The highest BCUT2D eigenvalue weighted by Crippen LogP contribution is 2.17. The predicted molar refractivity (Wildman–Crippen MR) is 80.9 cm³/mol. The number of allylic oxidation sites excluding steroid dienone is 1. The summed E-state index contributed by atoms with van der Waals surface area (Å²) < 4.78 is 1.68. The van der Waals surface area contributed by atoms with Crippen molar-refractivity contribution in [3.63, 3.8) is 0 Å². The largest absolute Gasteiger partial charge is 0.478 e. The van der Waals surface area contributed by atoms with Crippen molar-refractivity contribution >= 4 is 29.5 Å². The van der Waals surface area contributed by atoms with Gasteiger partial charge >= 0.3 is 17.9 Å². The number of hydrogen-bond donors (Lipinski definition) is 5. The molecule has 0 aromatic carbocycles. The van der Waals surface area contributed by atoms with Crippen molar-refractivity contribution in [3.8, 4) is 0 Å². The topological polar surface area (TPSA) is 149 Å². The Morgan fingerprint density at radius 2 is 2.13 bits per heavy atom. The summed E-state index contributed by atoms with van der Waals surface area (Å²) in [7, 11) is 0. The number of H-pyrrole nitrogens is 2. The Kier molecular flexibility index (Phi) is 4.92. The van der Waals surface area contributed by atoms with Crippen LogP contribution < -0.4 is 10.3 Å². The Balaban J connectivity index is 2.12. The molecular formula is C14H16N5O4+. The fourth-order valence-corrected chi connectivity index (χ4v) is 2.04. The average molecular weight is 318 g/mol. The molecule has 2 aromatic heterocycles. The molecule has 0 saturated carbocycles. The number of nitrogens with zero attached hydrogens (tertiary/aromatic N) is 2. The standard InChI is InChI=1S/C14H15N5O4/c15-14-18-11(1-2-12(20)21)8-19(14)4-3-9(5-13(22)23)10-6-16-17-7-10/h1-2,5-8H,3-4H2,(H5,15,16,17,18,20,21,22,23)/p+1/b2-1+,9-5+. The van der Waals surface area contributed by atoms with Crippen LogP contribution in [0.4, 0.5) is 5.95 Å². The molecule has 2 rings (SSSR count). The maximum Gasteiger partial charge on any atom is 0.353 e. The fourth-order valence-electron chi connectivity index (χ4n) is 2.04. The molecule has 2 heterocycles. The number of aryl methyl sites for hydroxylation is 1. The maximum absolute atomic E-state index is 10.9. The molecule has 0 atom stereocenters. The van der Waals surface area contributed by atoms with Crippen LogP contribution in [0.5, 0.6) is 0 Å². The van der Waals surface area contributed by atoms with Gasteiger partial charge in [0.15, 0.2) is 0 Å². The Bertz CT molecular complexity index is 758. The average Bonchev–Trinajstić information content (AvgIpc) is 3.11. The number of carboxylic acids is 2. The number of nitrogens with one attached hydrogen (secondary N) is 2. The van der Waals surface area contributed by atoms with Crippen LogP contribution in [0.15, 0.2) is 30.7 Å². The van der Waals surface area contributed by atoms with Crippen molar-refractivity contribution in [3.05, 3.63) is 42.0 Å². The number of rotatable bonds is 7. The molecule has 23 heavy (non-hydrogen) atoms. The number of aromatic amines is 2. The summed E-state index contributed by atoms with van der Waals surface area (Å²) in [4.78, 5) is 24.3. The first kappa shape index (κ1) is 16.0. The number of carboxylic acid groups (broad SMARTS) is 2. The molecule has 0 aliphatic rings. The van der Waals surface area contributed by atoms with Gasteiger partial charge in [-0.15, -0.1) is 0 Å². The SMILES string of the molecule is Nc1[nH]c(/C=C/C(=O)O)c[n+]1CC/C(=C\C(=O)O)c1cn[nH]c1. The molecule has 0 radical (unpaired) electrons. The van der Waals surface area contributed by atoms with Crippen LogP contribution >= 0.6 is 0 Å². The normalized spacial score (nSPS) is 11.9. The van der Waals surface area contributed by atoms with Crippen LogP contribution in [-0.4, -0.2) is 37.3 Å². The molecule has 6 N–H and O–H groups in total. The highest BCUT2D eigenvalue weighted by Gasteiger charge is 2.12. The molecule has 2 aromatic rings. The molecule has 0 unspecified atom stereocenters. The van der Waals surface area contributed by atoms with Crippen molar-refractivity contribution in [2.24, 2.45) is 0 Å². The van der Waals surface area contributed by atoms with Gasteiger partial charge in [-0.1, -0.05) is 0 Å². The van der Waals surface area contributed by atoms with E-state index in [1.165, 1.54) is 6.08 Å². The number of nitrogen functional groups attached to an aromatic ring is 1. The monoisotopic (exact) mass is 318 g/mol. The zero-order valence-corrected chi connectivity index (χ0v) is 12.1. The van der Waals surface area contributed by atoms with E-state index < -0.39 is 11.9 Å². The van der Waals surface area contributed by atoms with Gasteiger partial charge in [-0.05, 0) is 11.6 Å². The molecule has 0 spiro atoms. The summed E-state index contributed by atoms with van der Waals surface area (Å²) in [5.41, 5.74) is 7.65. The third kappa shape index (κ3) is 4.56. The van der Waals surface area contributed by atoms with Crippen LogP contribution in [0.3, 0.4) is 0 Å². The summed E-state index contributed by atoms with van der Waals surface area (Å²) in [6.45, 7) is 0.424. The summed E-state index contributed by atoms with van der Waals surface area (Å²) in [5, 5.41) is 24.0. The second kappa shape index (κ2) is 7.07. The third-order valence-electron chi connectivity index (χ3n) is 3.07. The van der Waals surface area contributed by atoms with Gasteiger partial charge in [0.2, 0.25) is 0 Å². The molecule has 0 aliphatic heterocycles. The van der Waals surface area contributed by atoms with E-state index in [1.54, 1.807) is 23.2 Å². The molecule has 0 fully saturated rings. The summed E-state index contributed by atoms with van der Waals surface area (Å²) in [6, 6.07) is 0. The van der Waals surface area contributed by atoms with E-state index in [4.69, 9.17) is 15.9 Å². The van der Waals surface area contributed by atoms with Gasteiger partial charge in [-0.3, -0.25) is 10.8 Å². The number of hydrogen-bond acceptors (Lipinski definition) is 4. The lowest BCUT2D eigenvalue weighted by Gasteiger charge is -2.03. The minimum absolute atomic E-state index is 0.344. The van der Waals surface area contributed by atoms with E-state index in [1.807, 2.05) is 0 Å². The second-order valence-electron chi connectivity index (χ2n) is 4.70. The van der Waals surface area contributed by atoms with E-state index in [-0.39, 0.29) is 0 Å². The molecule has 0 saturated heterocycles. The third-order valence-corrected chi connectivity index (χ3v) is 3.07. The molecular weight excluding hydrogens is 302 g/mol. The minimum Gasteiger partial charge on any atom is -0.478 e. The number of carbonyl (C=O) groups is 2. The number of aliphatic carboxylic acids is 2. The van der Waals surface area contributed by atoms with Crippen molar-refractivity contribution < 1.29 is 24.4 Å². The number of nitrogens with two attached hydrogens (primary N) is 1. The fraction of sp³-hybridized carbons (Fsp3) is 0.143. The number of aromatic nitrogens is 4. The van der Waals surface area contributed by atoms with Crippen molar-refractivity contribution in [2.75, 3.05) is 5.73 Å². The Morgan fingerprint density at radius 3 is 2.74 bits per heavy atom. The summed E-state index contributed by atoms with van der Waals surface area (Å²) in [5.74, 6) is -1.76. The van der Waals surface area contributed by atoms with Crippen LogP contribution in [0.1, 0.15) is 17.7 Å². The second-order valence-corrected chi connectivity index (χ2v) is 4.70. The molecule has 0 bridgehead atoms. The summed E-state index contributed by atoms with van der Waals surface area (Å²) in [6.07, 6.45) is 8.74. The maximum atomic E-state index is 10.9. The molecule has 9 heteroatoms. The van der Waals surface area contributed by atoms with Gasteiger partial charge in [0.1, 0.15) is 11.9 Å². The zero-order valence-electron chi connectivity index (χ0n) is 12.1. The first-order valence-corrected chi connectivity index (χ1v) is 6.67. The van der Waals surface area contributed by atoms with Crippen LogP contribution in [0.25, 0.3) is 11.6 Å². The van der Waals surface area contributed by atoms with Gasteiger partial charge in [0.05, 0.1) is 12.7 Å². The highest BCUT2D eigenvalue weighted by atomic mass is 16.4. The lowest BCUT2D eigenvalue weighted by molar-refractivity contribution is -0.680. The number of anilines is 1. The molecule has 120 valence electrons. The molecule has 0 aliphatic carbocycles. The van der Waals surface area contributed by atoms with Crippen LogP contribution in [-0.2, 0) is 16.1 Å². The Labute approximate surface area is 130 Å². The Morgan fingerprint density at radius 1 is 1.35 bits per heavy atom. The van der Waals surface area contributed by atoms with E-state index in [2.05, 4.69) is 15.2 Å². The number of imidazole rings is 1. The predicted octanol–water partition coefficient (Wildman–Crippen LogP) is 0.264. The van der Waals surface area contributed by atoms with Gasteiger partial charge in [0, 0.05) is 30.3 Å². The zero-order chi connectivity index (χ0) is 16.8. The lowest BCUT2D eigenvalue weighted by Crippen LogP contribution is -2.34. The molecule has 9 nitrogen and oxygen atoms in total. The van der Waals surface area contributed by atoms with Crippen LogP contribution in [0.2, 0.25) is 0 Å². The first-order chi connectivity index (χ1) is 11.0. The summed E-state index contributed by atoms with van der Waals surface area (Å²) >= 11 is 0. The van der Waals surface area contributed by atoms with Crippen molar-refractivity contribution in [2.45, 2.75) is 13.0 Å². The molecule has 0 amide bonds. The Hall–Kier alpha value is -3.36. The van der Waals surface area contributed by atoms with Crippen LogP contribution in [0, 0.1) is 0 Å². The van der Waals surface area contributed by atoms with E-state index in [0.29, 0.717) is 35.7 Å². The van der Waals surface area contributed by atoms with Crippen molar-refractivity contribution in [1.82, 2.24) is 15.2 Å². The van der Waals surface area contributed by atoms with E-state index >= 15 is 0 Å². The lowest BCUT2D eigenvalue weighted by atomic mass is 10.1. The van der Waals surface area contributed by atoms with E-state index in [9.17, 15) is 9.59 Å². The van der Waals surface area contributed by atoms with Gasteiger partial charge in [-0.2, -0.15) is 5.10 Å². The quantitative estimate of drug-likeness (QED) is 0.365. The minimum atomic E-state index is -1.06. The van der Waals surface area contributed by atoms with Gasteiger partial charge in [0.25, 0.3) is 0 Å². The van der Waals surface area contributed by atoms with E-state index in [0.717, 1.165) is 12.2 Å². The van der Waals surface area contributed by atoms with Gasteiger partial charge < -0.3 is 10.2 Å². The van der Waals surface area contributed by atoms with Gasteiger partial charge in [-0.25, -0.2) is 19.1 Å².